The lowest BCUT2D eigenvalue weighted by molar-refractivity contribution is -0.131. The summed E-state index contributed by atoms with van der Waals surface area (Å²) in [6.45, 7) is 0. The first-order valence-electron chi connectivity index (χ1n) is 4.86. The minimum absolute atomic E-state index is 0.822. The highest BCUT2D eigenvalue weighted by molar-refractivity contribution is 9.10. The third-order valence-electron chi connectivity index (χ3n) is 2.17. The number of benzene rings is 1. The second-order valence-electron chi connectivity index (χ2n) is 3.35. The van der Waals surface area contributed by atoms with Crippen LogP contribution in [0.1, 0.15) is 5.56 Å². The molecule has 0 spiro atoms. The van der Waals surface area contributed by atoms with E-state index in [9.17, 15) is 4.79 Å². The van der Waals surface area contributed by atoms with Crippen LogP contribution >= 0.6 is 15.9 Å². The van der Waals surface area contributed by atoms with Crippen LogP contribution in [-0.2, 0) is 4.79 Å². The van der Waals surface area contributed by atoms with E-state index >= 15 is 0 Å². The lowest BCUT2D eigenvalue weighted by Crippen LogP contribution is -1.92. The molecular weight excluding hydrogens is 284 g/mol. The average Bonchev–Trinajstić information content (AvgIpc) is 2.79. The standard InChI is InChI=1S/C12H9BrN2O2/c13-10-7-9(2-4-12(16)17)1-3-11(10)15-6-5-14-8-15/h1-8H,(H,16,17)/b4-2+. The van der Waals surface area contributed by atoms with Crippen molar-refractivity contribution in [2.45, 2.75) is 0 Å². The summed E-state index contributed by atoms with van der Waals surface area (Å²) in [5.41, 5.74) is 1.78. The summed E-state index contributed by atoms with van der Waals surface area (Å²) in [4.78, 5) is 14.4. The zero-order valence-electron chi connectivity index (χ0n) is 8.75. The lowest BCUT2D eigenvalue weighted by atomic mass is 10.2. The number of carboxylic acids is 1. The fraction of sp³-hybridized carbons (Fsp3) is 0. The van der Waals surface area contributed by atoms with E-state index in [1.807, 2.05) is 29.0 Å². The first kappa shape index (κ1) is 11.6. The maximum absolute atomic E-state index is 10.4. The third kappa shape index (κ3) is 2.82. The van der Waals surface area contributed by atoms with Crippen molar-refractivity contribution in [1.82, 2.24) is 9.55 Å². The Kier molecular flexibility index (Phi) is 3.39. The van der Waals surface area contributed by atoms with E-state index in [2.05, 4.69) is 20.9 Å². The third-order valence-corrected chi connectivity index (χ3v) is 2.81. The summed E-state index contributed by atoms with van der Waals surface area (Å²) in [5, 5.41) is 8.54. The molecule has 1 aromatic heterocycles. The number of rotatable bonds is 3. The molecule has 0 unspecified atom stereocenters. The molecule has 0 fully saturated rings. The van der Waals surface area contributed by atoms with Gasteiger partial charge < -0.3 is 9.67 Å². The van der Waals surface area contributed by atoms with Gasteiger partial charge in [0, 0.05) is 22.9 Å². The number of carbonyl (C=O) groups is 1. The Morgan fingerprint density at radius 2 is 2.29 bits per heavy atom. The molecule has 1 N–H and O–H groups in total. The largest absolute Gasteiger partial charge is 0.478 e. The molecule has 2 rings (SSSR count). The van der Waals surface area contributed by atoms with Crippen LogP contribution < -0.4 is 0 Å². The van der Waals surface area contributed by atoms with E-state index in [-0.39, 0.29) is 0 Å². The molecule has 0 aliphatic rings. The zero-order valence-corrected chi connectivity index (χ0v) is 10.3. The van der Waals surface area contributed by atoms with Crippen molar-refractivity contribution in [3.8, 4) is 5.69 Å². The van der Waals surface area contributed by atoms with Crippen molar-refractivity contribution < 1.29 is 9.90 Å². The predicted molar refractivity (Wildman–Crippen MR) is 67.9 cm³/mol. The molecule has 0 radical (unpaired) electrons. The number of halogens is 1. The number of aromatic nitrogens is 2. The van der Waals surface area contributed by atoms with Crippen LogP contribution in [0.2, 0.25) is 0 Å². The highest BCUT2D eigenvalue weighted by Crippen LogP contribution is 2.22. The number of hydrogen-bond donors (Lipinski definition) is 1. The van der Waals surface area contributed by atoms with Crippen LogP contribution in [0.4, 0.5) is 0 Å². The van der Waals surface area contributed by atoms with Gasteiger partial charge in [0.25, 0.3) is 0 Å². The van der Waals surface area contributed by atoms with Gasteiger partial charge in [-0.1, -0.05) is 6.07 Å². The Bertz CT molecular complexity index is 562. The van der Waals surface area contributed by atoms with E-state index in [1.54, 1.807) is 18.6 Å². The molecule has 2 aromatic rings. The summed E-state index contributed by atoms with van der Waals surface area (Å²) in [5.74, 6) is -0.959. The van der Waals surface area contributed by atoms with Gasteiger partial charge >= 0.3 is 5.97 Å². The van der Waals surface area contributed by atoms with Gasteiger partial charge in [0.2, 0.25) is 0 Å². The smallest absolute Gasteiger partial charge is 0.328 e. The van der Waals surface area contributed by atoms with Gasteiger partial charge in [0.1, 0.15) is 0 Å². The highest BCUT2D eigenvalue weighted by atomic mass is 79.9. The first-order valence-corrected chi connectivity index (χ1v) is 5.65. The van der Waals surface area contributed by atoms with Gasteiger partial charge in [-0.25, -0.2) is 9.78 Å². The van der Waals surface area contributed by atoms with Crippen LogP contribution in [0.5, 0.6) is 0 Å². The topological polar surface area (TPSA) is 55.1 Å². The highest BCUT2D eigenvalue weighted by Gasteiger charge is 2.02. The van der Waals surface area contributed by atoms with Crippen LogP contribution in [0.3, 0.4) is 0 Å². The second kappa shape index (κ2) is 4.97. The van der Waals surface area contributed by atoms with Gasteiger partial charge in [-0.2, -0.15) is 0 Å². The predicted octanol–water partition coefficient (Wildman–Crippen LogP) is 2.73. The molecule has 0 atom stereocenters. The van der Waals surface area contributed by atoms with Gasteiger partial charge in [0.15, 0.2) is 0 Å². The fourth-order valence-corrected chi connectivity index (χ4v) is 2.01. The maximum atomic E-state index is 10.4. The molecule has 86 valence electrons. The van der Waals surface area contributed by atoms with Crippen molar-refractivity contribution in [2.75, 3.05) is 0 Å². The van der Waals surface area contributed by atoms with E-state index in [1.165, 1.54) is 0 Å². The van der Waals surface area contributed by atoms with Gasteiger partial charge in [-0.3, -0.25) is 0 Å². The van der Waals surface area contributed by atoms with Crippen molar-refractivity contribution in [2.24, 2.45) is 0 Å². The number of carboxylic acid groups (broad SMARTS) is 1. The van der Waals surface area contributed by atoms with Gasteiger partial charge in [0.05, 0.1) is 12.0 Å². The SMILES string of the molecule is O=C(O)/C=C/c1ccc(-n2ccnc2)c(Br)c1. The average molecular weight is 293 g/mol. The molecule has 0 saturated heterocycles. The van der Waals surface area contributed by atoms with Crippen LogP contribution in [0.15, 0.2) is 47.5 Å². The minimum Gasteiger partial charge on any atom is -0.478 e. The number of hydrogen-bond acceptors (Lipinski definition) is 2. The Hall–Kier alpha value is -1.88. The summed E-state index contributed by atoms with van der Waals surface area (Å²) < 4.78 is 2.75. The van der Waals surface area contributed by atoms with Crippen LogP contribution in [0.25, 0.3) is 11.8 Å². The summed E-state index contributed by atoms with van der Waals surface area (Å²) >= 11 is 3.45. The maximum Gasteiger partial charge on any atom is 0.328 e. The van der Waals surface area contributed by atoms with Crippen molar-refractivity contribution in [1.29, 1.82) is 0 Å². The van der Waals surface area contributed by atoms with Gasteiger partial charge in [-0.05, 0) is 39.7 Å². The summed E-state index contributed by atoms with van der Waals surface area (Å²) in [6.07, 6.45) is 7.90. The number of aliphatic carboxylic acids is 1. The Labute approximate surface area is 106 Å². The summed E-state index contributed by atoms with van der Waals surface area (Å²) in [6, 6.07) is 5.60. The molecule has 0 bridgehead atoms. The Balaban J connectivity index is 2.32. The van der Waals surface area contributed by atoms with Crippen LogP contribution in [-0.4, -0.2) is 20.6 Å². The number of imidazole rings is 1. The second-order valence-corrected chi connectivity index (χ2v) is 4.21. The zero-order chi connectivity index (χ0) is 12.3. The van der Waals surface area contributed by atoms with E-state index in [0.717, 1.165) is 21.8 Å². The molecule has 1 heterocycles. The monoisotopic (exact) mass is 292 g/mol. The first-order chi connectivity index (χ1) is 8.16. The van der Waals surface area contributed by atoms with E-state index < -0.39 is 5.97 Å². The summed E-state index contributed by atoms with van der Waals surface area (Å²) in [7, 11) is 0. The van der Waals surface area contributed by atoms with Crippen molar-refractivity contribution >= 4 is 28.0 Å². The molecule has 0 saturated carbocycles. The lowest BCUT2D eigenvalue weighted by Gasteiger charge is -2.05. The molecular formula is C12H9BrN2O2. The van der Waals surface area contributed by atoms with Crippen molar-refractivity contribution in [3.63, 3.8) is 0 Å². The molecule has 0 amide bonds. The Morgan fingerprint density at radius 1 is 1.47 bits per heavy atom. The number of nitrogens with zero attached hydrogens (tertiary/aromatic N) is 2. The minimum atomic E-state index is -0.959. The molecule has 0 aliphatic carbocycles. The normalized spacial score (nSPS) is 10.9. The fourth-order valence-electron chi connectivity index (χ4n) is 1.41. The molecule has 0 aliphatic heterocycles. The molecule has 1 aromatic carbocycles. The molecule has 17 heavy (non-hydrogen) atoms. The van der Waals surface area contributed by atoms with E-state index in [0.29, 0.717) is 0 Å². The quantitative estimate of drug-likeness (QED) is 0.885. The molecule has 4 nitrogen and oxygen atoms in total. The van der Waals surface area contributed by atoms with Gasteiger partial charge in [-0.15, -0.1) is 0 Å². The molecule has 5 heteroatoms. The van der Waals surface area contributed by atoms with Crippen molar-refractivity contribution in [3.05, 3.63) is 53.0 Å². The van der Waals surface area contributed by atoms with Crippen LogP contribution in [0, 0.1) is 0 Å². The van der Waals surface area contributed by atoms with E-state index in [4.69, 9.17) is 5.11 Å². The Morgan fingerprint density at radius 3 is 2.88 bits per heavy atom.